The van der Waals surface area contributed by atoms with E-state index >= 15 is 0 Å². The Morgan fingerprint density at radius 2 is 2.05 bits per heavy atom. The maximum atomic E-state index is 12.0. The smallest absolute Gasteiger partial charge is 0.240 e. The molecule has 0 radical (unpaired) electrons. The van der Waals surface area contributed by atoms with E-state index in [-0.39, 0.29) is 11.4 Å². The van der Waals surface area contributed by atoms with Gasteiger partial charge in [0.15, 0.2) is 0 Å². The fraction of sp³-hybridized carbons (Fsp3) is 0.538. The lowest BCUT2D eigenvalue weighted by Crippen LogP contribution is -2.25. The Morgan fingerprint density at radius 3 is 2.65 bits per heavy atom. The molecule has 0 aromatic heterocycles. The minimum absolute atomic E-state index is 0.164. The van der Waals surface area contributed by atoms with Gasteiger partial charge in [0.05, 0.1) is 4.90 Å². The minimum atomic E-state index is -3.51. The first-order chi connectivity index (χ1) is 9.51. The van der Waals surface area contributed by atoms with Crippen LogP contribution in [0.3, 0.4) is 0 Å². The highest BCUT2D eigenvalue weighted by Crippen LogP contribution is 2.20. The molecule has 1 aromatic carbocycles. The third-order valence-electron chi connectivity index (χ3n) is 2.87. The molecule has 7 heteroatoms. The molecule has 0 saturated heterocycles. The third-order valence-corrected chi connectivity index (χ3v) is 4.68. The molecule has 0 amide bonds. The van der Waals surface area contributed by atoms with Gasteiger partial charge in [0.2, 0.25) is 10.0 Å². The zero-order valence-electron chi connectivity index (χ0n) is 11.6. The van der Waals surface area contributed by atoms with Gasteiger partial charge >= 0.3 is 0 Å². The second-order valence-electron chi connectivity index (χ2n) is 4.41. The highest BCUT2D eigenvalue weighted by Gasteiger charge is 2.14. The summed E-state index contributed by atoms with van der Waals surface area (Å²) >= 11 is 5.97. The number of sulfonamides is 1. The van der Waals surface area contributed by atoms with Crippen molar-refractivity contribution in [3.05, 3.63) is 28.8 Å². The molecule has 20 heavy (non-hydrogen) atoms. The molecule has 0 unspecified atom stereocenters. The molecular weight excluding hydrogens is 300 g/mol. The van der Waals surface area contributed by atoms with E-state index in [0.29, 0.717) is 18.2 Å². The summed E-state index contributed by atoms with van der Waals surface area (Å²) in [6.07, 6.45) is 2.62. The number of ether oxygens (including phenoxy) is 1. The standard InChI is InChI=1S/C13H21ClN2O3S/c1-19-8-4-2-3-7-16-20(17,18)12-6-5-11(10-15)13(14)9-12/h5-6,9,16H,2-4,7-8,10,15H2,1H3. The SMILES string of the molecule is COCCCCCNS(=O)(=O)c1ccc(CN)c(Cl)c1. The zero-order chi connectivity index (χ0) is 15.0. The number of nitrogens with two attached hydrogens (primary N) is 1. The van der Waals surface area contributed by atoms with Gasteiger partial charge in [-0.3, -0.25) is 0 Å². The van der Waals surface area contributed by atoms with Crippen LogP contribution >= 0.6 is 11.6 Å². The molecule has 3 N–H and O–H groups in total. The molecule has 0 fully saturated rings. The summed E-state index contributed by atoms with van der Waals surface area (Å²) in [7, 11) is -1.86. The monoisotopic (exact) mass is 320 g/mol. The van der Waals surface area contributed by atoms with Crippen LogP contribution in [-0.4, -0.2) is 28.7 Å². The maximum absolute atomic E-state index is 12.0. The molecule has 1 rings (SSSR count). The van der Waals surface area contributed by atoms with Crippen molar-refractivity contribution in [2.75, 3.05) is 20.3 Å². The number of methoxy groups -OCH3 is 1. The maximum Gasteiger partial charge on any atom is 0.240 e. The lowest BCUT2D eigenvalue weighted by atomic mass is 10.2. The topological polar surface area (TPSA) is 81.4 Å². The fourth-order valence-corrected chi connectivity index (χ4v) is 3.12. The van der Waals surface area contributed by atoms with Crippen molar-refractivity contribution in [1.29, 1.82) is 0 Å². The van der Waals surface area contributed by atoms with Crippen LogP contribution < -0.4 is 10.5 Å². The van der Waals surface area contributed by atoms with Crippen LogP contribution in [0.5, 0.6) is 0 Å². The highest BCUT2D eigenvalue weighted by atomic mass is 35.5. The quantitative estimate of drug-likeness (QED) is 0.681. The Bertz CT molecular complexity index is 520. The fourth-order valence-electron chi connectivity index (χ4n) is 1.70. The summed E-state index contributed by atoms with van der Waals surface area (Å²) in [4.78, 5) is 0.164. The lowest BCUT2D eigenvalue weighted by Gasteiger charge is -2.08. The van der Waals surface area contributed by atoms with Crippen molar-refractivity contribution in [1.82, 2.24) is 4.72 Å². The van der Waals surface area contributed by atoms with Gasteiger partial charge in [-0.15, -0.1) is 0 Å². The van der Waals surface area contributed by atoms with Gasteiger partial charge in [0.1, 0.15) is 0 Å². The van der Waals surface area contributed by atoms with Crippen LogP contribution in [0.2, 0.25) is 5.02 Å². The molecular formula is C13H21ClN2O3S. The van der Waals surface area contributed by atoms with Gasteiger partial charge in [-0.05, 0) is 37.0 Å². The Morgan fingerprint density at radius 1 is 1.30 bits per heavy atom. The van der Waals surface area contributed by atoms with E-state index in [1.165, 1.54) is 12.1 Å². The Kier molecular flexibility index (Phi) is 7.47. The largest absolute Gasteiger partial charge is 0.385 e. The number of hydrogen-bond acceptors (Lipinski definition) is 4. The molecule has 0 saturated carbocycles. The van der Waals surface area contributed by atoms with Crippen LogP contribution in [0.25, 0.3) is 0 Å². The van der Waals surface area contributed by atoms with Crippen molar-refractivity contribution >= 4 is 21.6 Å². The van der Waals surface area contributed by atoms with Gasteiger partial charge in [-0.2, -0.15) is 0 Å². The summed E-state index contributed by atoms with van der Waals surface area (Å²) < 4.78 is 31.6. The summed E-state index contributed by atoms with van der Waals surface area (Å²) in [6.45, 7) is 1.39. The van der Waals surface area contributed by atoms with Crippen molar-refractivity contribution in [2.24, 2.45) is 5.73 Å². The van der Waals surface area contributed by atoms with E-state index in [4.69, 9.17) is 22.1 Å². The third kappa shape index (κ3) is 5.38. The number of unbranched alkanes of at least 4 members (excludes halogenated alkanes) is 2. The second-order valence-corrected chi connectivity index (χ2v) is 6.58. The second kappa shape index (κ2) is 8.59. The van der Waals surface area contributed by atoms with Crippen LogP contribution in [0.4, 0.5) is 0 Å². The van der Waals surface area contributed by atoms with Gasteiger partial charge < -0.3 is 10.5 Å². The van der Waals surface area contributed by atoms with Gasteiger partial charge in [-0.25, -0.2) is 13.1 Å². The molecule has 0 aliphatic carbocycles. The van der Waals surface area contributed by atoms with Crippen LogP contribution in [0, 0.1) is 0 Å². The Balaban J connectivity index is 2.54. The van der Waals surface area contributed by atoms with E-state index in [1.807, 2.05) is 0 Å². The van der Waals surface area contributed by atoms with Crippen molar-refractivity contribution in [3.8, 4) is 0 Å². The normalized spacial score (nSPS) is 11.8. The molecule has 0 heterocycles. The minimum Gasteiger partial charge on any atom is -0.385 e. The Labute approximate surface area is 125 Å². The van der Waals surface area contributed by atoms with Crippen molar-refractivity contribution in [3.63, 3.8) is 0 Å². The van der Waals surface area contributed by atoms with E-state index in [2.05, 4.69) is 4.72 Å². The molecule has 0 spiro atoms. The zero-order valence-corrected chi connectivity index (χ0v) is 13.1. The average Bonchev–Trinajstić information content (AvgIpc) is 2.42. The summed E-state index contributed by atoms with van der Waals surface area (Å²) in [5.41, 5.74) is 6.22. The van der Waals surface area contributed by atoms with Gasteiger partial charge in [-0.1, -0.05) is 17.7 Å². The van der Waals surface area contributed by atoms with Gasteiger partial charge in [0, 0.05) is 31.8 Å². The van der Waals surface area contributed by atoms with Crippen LogP contribution in [0.1, 0.15) is 24.8 Å². The highest BCUT2D eigenvalue weighted by molar-refractivity contribution is 7.89. The number of benzene rings is 1. The molecule has 0 bridgehead atoms. The van der Waals surface area contributed by atoms with Crippen LogP contribution in [0.15, 0.2) is 23.1 Å². The first-order valence-electron chi connectivity index (χ1n) is 6.48. The average molecular weight is 321 g/mol. The van der Waals surface area contributed by atoms with Crippen molar-refractivity contribution in [2.45, 2.75) is 30.7 Å². The number of rotatable bonds is 9. The van der Waals surface area contributed by atoms with Crippen LogP contribution in [-0.2, 0) is 21.3 Å². The number of hydrogen-bond donors (Lipinski definition) is 2. The summed E-state index contributed by atoms with van der Waals surface area (Å²) in [5.74, 6) is 0. The number of nitrogens with one attached hydrogen (secondary N) is 1. The van der Waals surface area contributed by atoms with Crippen molar-refractivity contribution < 1.29 is 13.2 Å². The molecule has 0 aliphatic rings. The van der Waals surface area contributed by atoms with E-state index < -0.39 is 10.0 Å². The van der Waals surface area contributed by atoms with E-state index in [9.17, 15) is 8.42 Å². The summed E-state index contributed by atoms with van der Waals surface area (Å²) in [6, 6.07) is 4.58. The predicted octanol–water partition coefficient (Wildman–Crippen LogP) is 1.89. The first-order valence-corrected chi connectivity index (χ1v) is 8.34. The molecule has 0 aliphatic heterocycles. The predicted molar refractivity (Wildman–Crippen MR) is 80.3 cm³/mol. The molecule has 1 aromatic rings. The summed E-state index contributed by atoms with van der Waals surface area (Å²) in [5, 5.41) is 0.371. The molecule has 5 nitrogen and oxygen atoms in total. The van der Waals surface area contributed by atoms with E-state index in [1.54, 1.807) is 13.2 Å². The van der Waals surface area contributed by atoms with E-state index in [0.717, 1.165) is 24.8 Å². The molecule has 114 valence electrons. The lowest BCUT2D eigenvalue weighted by molar-refractivity contribution is 0.192. The number of halogens is 1. The van der Waals surface area contributed by atoms with Gasteiger partial charge in [0.25, 0.3) is 0 Å². The molecule has 0 atom stereocenters. The Hall–Kier alpha value is -0.660. The first kappa shape index (κ1) is 17.4.